The normalized spacial score (nSPS) is 16.5. The molecule has 0 amide bonds. The third-order valence-corrected chi connectivity index (χ3v) is 3.27. The molecule has 0 bridgehead atoms. The molecule has 0 aliphatic heterocycles. The van der Waals surface area contributed by atoms with Crippen molar-refractivity contribution in [3.63, 3.8) is 0 Å². The zero-order valence-corrected chi connectivity index (χ0v) is 10.5. The molecule has 1 aliphatic carbocycles. The van der Waals surface area contributed by atoms with E-state index in [1.54, 1.807) is 6.07 Å². The summed E-state index contributed by atoms with van der Waals surface area (Å²) in [6, 6.07) is 3.87. The van der Waals surface area contributed by atoms with Gasteiger partial charge in [-0.25, -0.2) is 9.97 Å². The summed E-state index contributed by atoms with van der Waals surface area (Å²) in [5.41, 5.74) is 0.476. The Morgan fingerprint density at radius 2 is 1.94 bits per heavy atom. The molecule has 0 saturated heterocycles. The number of nitrogens with zero attached hydrogens (tertiary/aromatic N) is 4. The summed E-state index contributed by atoms with van der Waals surface area (Å²) in [4.78, 5) is 10.9. The predicted octanol–water partition coefficient (Wildman–Crippen LogP) is 2.46. The van der Waals surface area contributed by atoms with Crippen molar-refractivity contribution in [1.82, 2.24) is 9.97 Å². The number of nitriles is 1. The molecule has 1 aromatic heterocycles. The average molecular weight is 230 g/mol. The van der Waals surface area contributed by atoms with Crippen LogP contribution in [0.4, 0.5) is 5.82 Å². The quantitative estimate of drug-likeness (QED) is 0.783. The lowest BCUT2D eigenvalue weighted by molar-refractivity contribution is 0.428. The summed E-state index contributed by atoms with van der Waals surface area (Å²) < 4.78 is 0. The molecule has 0 spiro atoms. The van der Waals surface area contributed by atoms with Crippen molar-refractivity contribution in [2.45, 2.75) is 38.0 Å². The molecule has 1 aromatic rings. The van der Waals surface area contributed by atoms with E-state index in [9.17, 15) is 0 Å². The minimum absolute atomic E-state index is 0.441. The Morgan fingerprint density at radius 3 is 2.53 bits per heavy atom. The zero-order chi connectivity index (χ0) is 12.3. The Morgan fingerprint density at radius 1 is 1.24 bits per heavy atom. The van der Waals surface area contributed by atoms with Crippen molar-refractivity contribution in [3.8, 4) is 6.07 Å². The fourth-order valence-electron chi connectivity index (χ4n) is 2.28. The van der Waals surface area contributed by atoms with Gasteiger partial charge in [-0.05, 0) is 12.8 Å². The lowest BCUT2D eigenvalue weighted by atomic mass is 9.88. The summed E-state index contributed by atoms with van der Waals surface area (Å²) in [5.74, 6) is 2.13. The minimum Gasteiger partial charge on any atom is -0.363 e. The lowest BCUT2D eigenvalue weighted by Crippen LogP contribution is -2.16. The van der Waals surface area contributed by atoms with Gasteiger partial charge in [0.1, 0.15) is 23.4 Å². The molecule has 0 unspecified atom stereocenters. The van der Waals surface area contributed by atoms with Gasteiger partial charge < -0.3 is 4.90 Å². The molecule has 4 heteroatoms. The van der Waals surface area contributed by atoms with Crippen LogP contribution < -0.4 is 4.90 Å². The number of hydrogen-bond donors (Lipinski definition) is 0. The largest absolute Gasteiger partial charge is 0.363 e. The summed E-state index contributed by atoms with van der Waals surface area (Å²) in [6.07, 6.45) is 6.13. The third kappa shape index (κ3) is 2.73. The van der Waals surface area contributed by atoms with Crippen molar-refractivity contribution >= 4 is 5.82 Å². The van der Waals surface area contributed by atoms with E-state index >= 15 is 0 Å². The maximum absolute atomic E-state index is 9.01. The van der Waals surface area contributed by atoms with E-state index in [0.717, 1.165) is 24.5 Å². The molecule has 4 nitrogen and oxygen atoms in total. The molecule has 1 aliphatic rings. The second-order valence-corrected chi connectivity index (χ2v) is 4.81. The standard InChI is InChI=1S/C13H18N4/c1-17(2)12-8-11(9-14)15-13(16-12)10-6-4-3-5-7-10/h8,10H,3-7H2,1-2H3. The Labute approximate surface area is 102 Å². The first-order chi connectivity index (χ1) is 8.20. The van der Waals surface area contributed by atoms with Crippen molar-refractivity contribution in [2.24, 2.45) is 0 Å². The second-order valence-electron chi connectivity index (χ2n) is 4.81. The molecule has 1 heterocycles. The molecule has 1 fully saturated rings. The van der Waals surface area contributed by atoms with E-state index in [1.807, 2.05) is 19.0 Å². The molecule has 0 atom stereocenters. The van der Waals surface area contributed by atoms with Gasteiger partial charge in [-0.3, -0.25) is 0 Å². The van der Waals surface area contributed by atoms with Gasteiger partial charge >= 0.3 is 0 Å². The van der Waals surface area contributed by atoms with Gasteiger partial charge in [0.05, 0.1) is 0 Å². The van der Waals surface area contributed by atoms with Gasteiger partial charge in [-0.1, -0.05) is 19.3 Å². The molecule has 17 heavy (non-hydrogen) atoms. The van der Waals surface area contributed by atoms with Crippen LogP contribution in [0.5, 0.6) is 0 Å². The summed E-state index contributed by atoms with van der Waals surface area (Å²) in [6.45, 7) is 0. The SMILES string of the molecule is CN(C)c1cc(C#N)nc(C2CCCCC2)n1. The van der Waals surface area contributed by atoms with Crippen molar-refractivity contribution in [3.05, 3.63) is 17.6 Å². The topological polar surface area (TPSA) is 52.8 Å². The van der Waals surface area contributed by atoms with Crippen LogP contribution in [0, 0.1) is 11.3 Å². The number of rotatable bonds is 2. The Bertz CT molecular complexity index is 428. The Hall–Kier alpha value is -1.63. The number of aromatic nitrogens is 2. The van der Waals surface area contributed by atoms with Crippen molar-refractivity contribution in [2.75, 3.05) is 19.0 Å². The van der Waals surface area contributed by atoms with Crippen LogP contribution in [-0.2, 0) is 0 Å². The number of hydrogen-bond acceptors (Lipinski definition) is 4. The van der Waals surface area contributed by atoms with E-state index in [2.05, 4.69) is 16.0 Å². The highest BCUT2D eigenvalue weighted by molar-refractivity contribution is 5.41. The van der Waals surface area contributed by atoms with E-state index in [1.165, 1.54) is 19.3 Å². The Kier molecular flexibility index (Phi) is 3.58. The van der Waals surface area contributed by atoms with Crippen LogP contribution in [0.1, 0.15) is 49.5 Å². The van der Waals surface area contributed by atoms with Crippen LogP contribution in [0.2, 0.25) is 0 Å². The molecule has 0 N–H and O–H groups in total. The molecule has 90 valence electrons. The molecule has 1 saturated carbocycles. The fourth-order valence-corrected chi connectivity index (χ4v) is 2.28. The van der Waals surface area contributed by atoms with Crippen LogP contribution in [-0.4, -0.2) is 24.1 Å². The summed E-state index contributed by atoms with van der Waals surface area (Å²) in [5, 5.41) is 9.01. The molecular weight excluding hydrogens is 212 g/mol. The van der Waals surface area contributed by atoms with E-state index in [4.69, 9.17) is 5.26 Å². The molecular formula is C13H18N4. The van der Waals surface area contributed by atoms with E-state index in [-0.39, 0.29) is 0 Å². The number of anilines is 1. The highest BCUT2D eigenvalue weighted by Gasteiger charge is 2.19. The molecule has 0 aromatic carbocycles. The first-order valence-electron chi connectivity index (χ1n) is 6.17. The smallest absolute Gasteiger partial charge is 0.146 e. The van der Waals surface area contributed by atoms with Crippen LogP contribution in [0.25, 0.3) is 0 Å². The van der Waals surface area contributed by atoms with Crippen LogP contribution >= 0.6 is 0 Å². The highest BCUT2D eigenvalue weighted by atomic mass is 15.1. The van der Waals surface area contributed by atoms with Gasteiger partial charge in [0, 0.05) is 26.1 Å². The first kappa shape index (κ1) is 11.8. The van der Waals surface area contributed by atoms with Gasteiger partial charge in [-0.2, -0.15) is 5.26 Å². The van der Waals surface area contributed by atoms with Crippen molar-refractivity contribution in [1.29, 1.82) is 5.26 Å². The summed E-state index contributed by atoms with van der Waals surface area (Å²) >= 11 is 0. The van der Waals surface area contributed by atoms with Crippen molar-refractivity contribution < 1.29 is 0 Å². The summed E-state index contributed by atoms with van der Waals surface area (Å²) in [7, 11) is 3.88. The van der Waals surface area contributed by atoms with Gasteiger partial charge in [0.15, 0.2) is 0 Å². The molecule has 2 rings (SSSR count). The first-order valence-corrected chi connectivity index (χ1v) is 6.17. The monoisotopic (exact) mass is 230 g/mol. The minimum atomic E-state index is 0.441. The van der Waals surface area contributed by atoms with Gasteiger partial charge in [0.25, 0.3) is 0 Å². The maximum Gasteiger partial charge on any atom is 0.146 e. The van der Waals surface area contributed by atoms with E-state index in [0.29, 0.717) is 11.6 Å². The van der Waals surface area contributed by atoms with Gasteiger partial charge in [0.2, 0.25) is 0 Å². The Balaban J connectivity index is 2.32. The van der Waals surface area contributed by atoms with Crippen LogP contribution in [0.3, 0.4) is 0 Å². The fraction of sp³-hybridized carbons (Fsp3) is 0.615. The van der Waals surface area contributed by atoms with E-state index < -0.39 is 0 Å². The molecule has 0 radical (unpaired) electrons. The van der Waals surface area contributed by atoms with Crippen LogP contribution in [0.15, 0.2) is 6.07 Å². The predicted molar refractivity (Wildman–Crippen MR) is 66.9 cm³/mol. The van der Waals surface area contributed by atoms with Gasteiger partial charge in [-0.15, -0.1) is 0 Å². The maximum atomic E-state index is 9.01. The zero-order valence-electron chi connectivity index (χ0n) is 10.5. The third-order valence-electron chi connectivity index (χ3n) is 3.27. The average Bonchev–Trinajstić information content (AvgIpc) is 2.39. The highest BCUT2D eigenvalue weighted by Crippen LogP contribution is 2.31. The lowest BCUT2D eigenvalue weighted by Gasteiger charge is -2.21. The second kappa shape index (κ2) is 5.13.